The van der Waals surface area contributed by atoms with Gasteiger partial charge in [-0.05, 0) is 19.1 Å². The van der Waals surface area contributed by atoms with Crippen LogP contribution >= 0.6 is 11.6 Å². The van der Waals surface area contributed by atoms with E-state index in [9.17, 15) is 13.2 Å². The summed E-state index contributed by atoms with van der Waals surface area (Å²) >= 11 is 6.24. The first-order chi connectivity index (χ1) is 12.2. The third-order valence-corrected chi connectivity index (χ3v) is 5.13. The summed E-state index contributed by atoms with van der Waals surface area (Å²) in [4.78, 5) is 18.1. The Balaban J connectivity index is 2.35. The molecule has 0 fully saturated rings. The molecule has 2 heterocycles. The second-order valence-corrected chi connectivity index (χ2v) is 8.00. The second-order valence-electron chi connectivity index (χ2n) is 5.55. The maximum Gasteiger partial charge on any atom is 0.242 e. The zero-order valence-corrected chi connectivity index (χ0v) is 16.3. The summed E-state index contributed by atoms with van der Waals surface area (Å²) in [7, 11) is -2.13. The van der Waals surface area contributed by atoms with Crippen molar-refractivity contribution in [2.75, 3.05) is 31.3 Å². The number of aromatic nitrogens is 3. The van der Waals surface area contributed by atoms with Crippen LogP contribution in [0.4, 0.5) is 5.69 Å². The van der Waals surface area contributed by atoms with E-state index in [1.807, 2.05) is 6.92 Å². The largest absolute Gasteiger partial charge is 0.303 e. The van der Waals surface area contributed by atoms with Crippen LogP contribution in [0.2, 0.25) is 5.15 Å². The third kappa shape index (κ3) is 4.90. The average molecular weight is 398 g/mol. The number of amides is 1. The van der Waals surface area contributed by atoms with Gasteiger partial charge in [-0.15, -0.1) is 0 Å². The Kier molecular flexibility index (Phi) is 6.52. The molecule has 0 spiro atoms. The minimum atomic E-state index is -3.48. The monoisotopic (exact) mass is 397 g/mol. The lowest BCUT2D eigenvalue weighted by molar-refractivity contribution is -0.118. The van der Waals surface area contributed by atoms with Crippen LogP contribution in [0.5, 0.6) is 0 Å². The number of rotatable bonds is 7. The summed E-state index contributed by atoms with van der Waals surface area (Å²) in [6, 6.07) is 3.56. The number of allylic oxidation sites excluding steroid dienone is 1. The summed E-state index contributed by atoms with van der Waals surface area (Å²) in [5.41, 5.74) is 1.08. The summed E-state index contributed by atoms with van der Waals surface area (Å²) in [6.07, 6.45) is 9.47. The number of nitrogens with zero attached hydrogens (tertiary/aromatic N) is 5. The molecule has 0 bridgehead atoms. The van der Waals surface area contributed by atoms with Crippen molar-refractivity contribution in [2.24, 2.45) is 0 Å². The number of anilines is 1. The van der Waals surface area contributed by atoms with Crippen LogP contribution < -0.4 is 4.90 Å². The Morgan fingerprint density at radius 1 is 1.42 bits per heavy atom. The third-order valence-electron chi connectivity index (χ3n) is 3.60. The molecule has 0 aliphatic carbocycles. The maximum absolute atomic E-state index is 12.7. The lowest BCUT2D eigenvalue weighted by Gasteiger charge is -2.22. The zero-order valence-electron chi connectivity index (χ0n) is 14.7. The number of pyridine rings is 1. The van der Waals surface area contributed by atoms with Crippen LogP contribution in [0.1, 0.15) is 6.92 Å². The van der Waals surface area contributed by atoms with E-state index in [2.05, 4.69) is 10.1 Å². The molecule has 0 N–H and O–H groups in total. The van der Waals surface area contributed by atoms with Gasteiger partial charge < -0.3 is 4.90 Å². The molecule has 2 rings (SSSR count). The van der Waals surface area contributed by atoms with Gasteiger partial charge in [-0.3, -0.25) is 9.78 Å². The predicted molar refractivity (Wildman–Crippen MR) is 101 cm³/mol. The predicted octanol–water partition coefficient (Wildman–Crippen LogP) is 1.72. The molecule has 8 nitrogen and oxygen atoms in total. The number of likely N-dealkylation sites (N-methyl/N-ethyl adjacent to an activating group) is 1. The molecule has 2 aromatic heterocycles. The van der Waals surface area contributed by atoms with Crippen LogP contribution in [-0.2, 0) is 14.8 Å². The number of hydrogen-bond acceptors (Lipinski definition) is 5. The van der Waals surface area contributed by atoms with Crippen LogP contribution in [0.25, 0.3) is 5.69 Å². The van der Waals surface area contributed by atoms with Crippen molar-refractivity contribution < 1.29 is 13.2 Å². The minimum absolute atomic E-state index is 0.133. The van der Waals surface area contributed by atoms with Gasteiger partial charge in [-0.2, -0.15) is 9.40 Å². The lowest BCUT2D eigenvalue weighted by atomic mass is 10.3. The van der Waals surface area contributed by atoms with E-state index in [0.717, 1.165) is 10.6 Å². The van der Waals surface area contributed by atoms with Crippen molar-refractivity contribution in [3.05, 3.63) is 48.0 Å². The summed E-state index contributed by atoms with van der Waals surface area (Å²) in [5.74, 6) is -0.413. The molecular weight excluding hydrogens is 378 g/mol. The van der Waals surface area contributed by atoms with E-state index in [4.69, 9.17) is 11.6 Å². The van der Waals surface area contributed by atoms with Gasteiger partial charge in [0.2, 0.25) is 15.9 Å². The Hall–Kier alpha value is -2.23. The number of halogens is 1. The smallest absolute Gasteiger partial charge is 0.242 e. The molecule has 26 heavy (non-hydrogen) atoms. The van der Waals surface area contributed by atoms with E-state index >= 15 is 0 Å². The first-order valence-electron chi connectivity index (χ1n) is 7.72. The normalized spacial score (nSPS) is 12.0. The van der Waals surface area contributed by atoms with Gasteiger partial charge >= 0.3 is 0 Å². The molecule has 1 amide bonds. The first-order valence-corrected chi connectivity index (χ1v) is 9.95. The first kappa shape index (κ1) is 20.1. The zero-order chi connectivity index (χ0) is 19.3. The van der Waals surface area contributed by atoms with Gasteiger partial charge in [0.1, 0.15) is 5.69 Å². The molecule has 140 valence electrons. The van der Waals surface area contributed by atoms with Gasteiger partial charge in [-0.1, -0.05) is 23.8 Å². The molecule has 0 aliphatic heterocycles. The molecule has 0 unspecified atom stereocenters. The van der Waals surface area contributed by atoms with Crippen molar-refractivity contribution >= 4 is 33.2 Å². The number of carbonyl (C=O) groups is 1. The second kappa shape index (κ2) is 8.43. The van der Waals surface area contributed by atoms with Crippen molar-refractivity contribution in [1.29, 1.82) is 0 Å². The summed E-state index contributed by atoms with van der Waals surface area (Å²) in [6.45, 7) is 1.77. The van der Waals surface area contributed by atoms with Crippen LogP contribution in [0.15, 0.2) is 42.9 Å². The molecule has 2 aromatic rings. The highest BCUT2D eigenvalue weighted by atomic mass is 35.5. The van der Waals surface area contributed by atoms with Crippen molar-refractivity contribution in [3.63, 3.8) is 0 Å². The van der Waals surface area contributed by atoms with Gasteiger partial charge in [0, 0.05) is 19.8 Å². The molecular formula is C16H20ClN5O3S. The maximum atomic E-state index is 12.7. The Morgan fingerprint density at radius 3 is 2.73 bits per heavy atom. The number of sulfonamides is 1. The van der Waals surface area contributed by atoms with Crippen LogP contribution in [-0.4, -0.2) is 59.8 Å². The van der Waals surface area contributed by atoms with E-state index in [1.165, 1.54) is 16.6 Å². The van der Waals surface area contributed by atoms with Gasteiger partial charge in [0.25, 0.3) is 0 Å². The average Bonchev–Trinajstić information content (AvgIpc) is 2.97. The fourth-order valence-electron chi connectivity index (χ4n) is 2.08. The van der Waals surface area contributed by atoms with Crippen molar-refractivity contribution in [1.82, 2.24) is 19.1 Å². The SMILES string of the molecule is C/C=C\CN(C(=O)CN(C)S(C)(=O)=O)c1cn(-c2cccnc2)nc1Cl. The fraction of sp³-hybridized carbons (Fsp3) is 0.312. The molecule has 10 heteroatoms. The lowest BCUT2D eigenvalue weighted by Crippen LogP contribution is -2.41. The standard InChI is InChI=1S/C16H20ClN5O3S/c1-4-5-9-21(15(23)12-20(2)26(3,24)25)14-11-22(19-16(14)17)13-7-6-8-18-10-13/h4-8,10-11H,9,12H2,1-3H3/b5-4-. The van der Waals surface area contributed by atoms with Crippen LogP contribution in [0, 0.1) is 0 Å². The molecule has 0 aromatic carbocycles. The summed E-state index contributed by atoms with van der Waals surface area (Å²) in [5, 5.41) is 4.35. The molecule has 0 saturated heterocycles. The van der Waals surface area contributed by atoms with E-state index in [-0.39, 0.29) is 18.2 Å². The van der Waals surface area contributed by atoms with Gasteiger partial charge in [0.15, 0.2) is 5.15 Å². The van der Waals surface area contributed by atoms with Gasteiger partial charge in [0.05, 0.1) is 30.9 Å². The quantitative estimate of drug-likeness (QED) is 0.664. The Morgan fingerprint density at radius 2 is 2.15 bits per heavy atom. The van der Waals surface area contributed by atoms with E-state index < -0.39 is 15.9 Å². The Labute approximate surface area is 157 Å². The fourth-order valence-corrected chi connectivity index (χ4v) is 2.66. The van der Waals surface area contributed by atoms with Gasteiger partial charge in [-0.25, -0.2) is 13.1 Å². The minimum Gasteiger partial charge on any atom is -0.303 e. The van der Waals surface area contributed by atoms with Crippen molar-refractivity contribution in [2.45, 2.75) is 6.92 Å². The molecule has 0 atom stereocenters. The van der Waals surface area contributed by atoms with Crippen molar-refractivity contribution in [3.8, 4) is 5.69 Å². The number of carbonyl (C=O) groups excluding carboxylic acids is 1. The number of hydrogen-bond donors (Lipinski definition) is 0. The highest BCUT2D eigenvalue weighted by Gasteiger charge is 2.24. The van der Waals surface area contributed by atoms with E-state index in [0.29, 0.717) is 11.4 Å². The van der Waals surface area contributed by atoms with Crippen LogP contribution in [0.3, 0.4) is 0 Å². The topological polar surface area (TPSA) is 88.4 Å². The molecule has 0 aliphatic rings. The molecule has 0 saturated carbocycles. The van der Waals surface area contributed by atoms with E-state index in [1.54, 1.807) is 42.9 Å². The highest BCUT2D eigenvalue weighted by molar-refractivity contribution is 7.88. The summed E-state index contributed by atoms with van der Waals surface area (Å²) < 4.78 is 25.7. The highest BCUT2D eigenvalue weighted by Crippen LogP contribution is 2.26. The Bertz CT molecular complexity index is 896. The molecule has 0 radical (unpaired) electrons.